The Hall–Kier alpha value is -3.36. The lowest BCUT2D eigenvalue weighted by molar-refractivity contribution is 0.448. The lowest BCUT2D eigenvalue weighted by Crippen LogP contribution is -2.28. The van der Waals surface area contributed by atoms with E-state index in [1.54, 1.807) is 22.8 Å². The number of fused-ring (bicyclic) bond motifs is 2. The van der Waals surface area contributed by atoms with E-state index in [1.165, 1.54) is 11.3 Å². The van der Waals surface area contributed by atoms with Crippen LogP contribution in [0.3, 0.4) is 0 Å². The zero-order chi connectivity index (χ0) is 20.8. The summed E-state index contributed by atoms with van der Waals surface area (Å²) in [6.45, 7) is 2.93. The minimum Gasteiger partial charge on any atom is -0.350 e. The van der Waals surface area contributed by atoms with Crippen molar-refractivity contribution in [3.63, 3.8) is 0 Å². The number of pyridine rings is 1. The van der Waals surface area contributed by atoms with Crippen LogP contribution in [0.15, 0.2) is 36.7 Å². The van der Waals surface area contributed by atoms with Gasteiger partial charge in [-0.05, 0) is 61.6 Å². The molecule has 1 aliphatic carbocycles. The van der Waals surface area contributed by atoms with Gasteiger partial charge in [0.1, 0.15) is 0 Å². The highest BCUT2D eigenvalue weighted by atomic mass is 19.2. The van der Waals surface area contributed by atoms with Gasteiger partial charge in [-0.2, -0.15) is 10.1 Å². The minimum absolute atomic E-state index is 0.161. The fraction of sp³-hybridized carbons (Fsp3) is 0.286. The molecular formula is C21H19F3N6. The van der Waals surface area contributed by atoms with Crippen molar-refractivity contribution in [3.8, 4) is 11.1 Å². The number of nitrogens with zero attached hydrogens (tertiary/aromatic N) is 5. The summed E-state index contributed by atoms with van der Waals surface area (Å²) < 4.78 is 44.3. The molecule has 154 valence electrons. The highest BCUT2D eigenvalue weighted by Gasteiger charge is 2.23. The number of nitrogens with one attached hydrogen (secondary N) is 1. The molecule has 3 heterocycles. The monoisotopic (exact) mass is 412 g/mol. The van der Waals surface area contributed by atoms with Gasteiger partial charge in [0.05, 0.1) is 6.20 Å². The van der Waals surface area contributed by atoms with Gasteiger partial charge < -0.3 is 5.32 Å². The molecule has 0 saturated carbocycles. The molecule has 0 fully saturated rings. The first-order chi connectivity index (χ1) is 14.5. The minimum atomic E-state index is -1.49. The van der Waals surface area contributed by atoms with Gasteiger partial charge in [0.25, 0.3) is 0 Å². The van der Waals surface area contributed by atoms with Crippen LogP contribution in [0, 0.1) is 17.5 Å². The van der Waals surface area contributed by atoms with Crippen LogP contribution in [0.1, 0.15) is 24.6 Å². The van der Waals surface area contributed by atoms with Crippen molar-refractivity contribution in [2.24, 2.45) is 0 Å². The van der Waals surface area contributed by atoms with E-state index >= 15 is 0 Å². The molecule has 0 radical (unpaired) electrons. The Balaban J connectivity index is 1.44. The van der Waals surface area contributed by atoms with Crippen LogP contribution in [-0.2, 0) is 19.4 Å². The zero-order valence-electron chi connectivity index (χ0n) is 16.2. The maximum atomic E-state index is 13.7. The Bertz CT molecular complexity index is 1220. The van der Waals surface area contributed by atoms with Crippen molar-refractivity contribution in [1.29, 1.82) is 0 Å². The summed E-state index contributed by atoms with van der Waals surface area (Å²) in [7, 11) is 0. The Labute approximate surface area is 170 Å². The van der Waals surface area contributed by atoms with Crippen LogP contribution in [-0.4, -0.2) is 30.4 Å². The number of aromatic nitrogens is 5. The van der Waals surface area contributed by atoms with Gasteiger partial charge in [0.2, 0.25) is 5.95 Å². The lowest BCUT2D eigenvalue weighted by atomic mass is 9.93. The first kappa shape index (κ1) is 18.7. The lowest BCUT2D eigenvalue weighted by Gasteiger charge is -2.23. The van der Waals surface area contributed by atoms with Gasteiger partial charge >= 0.3 is 0 Å². The number of hydrogen-bond acceptors (Lipinski definition) is 4. The molecular weight excluding hydrogens is 393 g/mol. The maximum absolute atomic E-state index is 13.7. The Morgan fingerprint density at radius 1 is 1.20 bits per heavy atom. The van der Waals surface area contributed by atoms with E-state index in [1.807, 2.05) is 10.9 Å². The fourth-order valence-corrected chi connectivity index (χ4v) is 4.07. The molecule has 1 atom stereocenters. The summed E-state index contributed by atoms with van der Waals surface area (Å²) in [5, 5.41) is 12.2. The van der Waals surface area contributed by atoms with Gasteiger partial charge in [0, 0.05) is 30.0 Å². The van der Waals surface area contributed by atoms with E-state index in [0.717, 1.165) is 37.9 Å². The quantitative estimate of drug-likeness (QED) is 0.515. The average molecular weight is 412 g/mol. The van der Waals surface area contributed by atoms with Crippen LogP contribution in [0.4, 0.5) is 19.1 Å². The highest BCUT2D eigenvalue weighted by Crippen LogP contribution is 2.28. The fourth-order valence-electron chi connectivity index (χ4n) is 4.07. The smallest absolute Gasteiger partial charge is 0.243 e. The second-order valence-corrected chi connectivity index (χ2v) is 7.40. The van der Waals surface area contributed by atoms with Crippen molar-refractivity contribution in [2.45, 2.75) is 38.8 Å². The first-order valence-corrected chi connectivity index (χ1v) is 9.84. The molecule has 1 aliphatic rings. The third-order valence-electron chi connectivity index (χ3n) is 5.52. The molecule has 0 amide bonds. The standard InChI is InChI=1S/C21H19F3N6/c1-2-29-18-6-5-14(8-13(18)11-25-29)26-21-27-20-15(4-3-7-30(20)28-21)12-9-16(22)19(24)17(23)10-12/h3-4,7,9-11,14H,2,5-6,8H2,1H3,(H,26,28). The number of anilines is 1. The van der Waals surface area contributed by atoms with Gasteiger partial charge in [-0.1, -0.05) is 0 Å². The van der Waals surface area contributed by atoms with Crippen molar-refractivity contribution in [1.82, 2.24) is 24.4 Å². The summed E-state index contributed by atoms with van der Waals surface area (Å²) in [6.07, 6.45) is 6.30. The summed E-state index contributed by atoms with van der Waals surface area (Å²) in [4.78, 5) is 4.52. The molecule has 1 aromatic carbocycles. The molecule has 0 saturated heterocycles. The topological polar surface area (TPSA) is 60.0 Å². The Morgan fingerprint density at radius 2 is 2.00 bits per heavy atom. The third kappa shape index (κ3) is 3.10. The van der Waals surface area contributed by atoms with Crippen molar-refractivity contribution >= 4 is 11.6 Å². The highest BCUT2D eigenvalue weighted by molar-refractivity contribution is 5.78. The van der Waals surface area contributed by atoms with Gasteiger partial charge in [-0.15, -0.1) is 5.10 Å². The van der Waals surface area contributed by atoms with Gasteiger partial charge in [0.15, 0.2) is 23.1 Å². The molecule has 0 spiro atoms. The van der Waals surface area contributed by atoms with E-state index in [2.05, 4.69) is 27.4 Å². The average Bonchev–Trinajstić information content (AvgIpc) is 3.34. The molecule has 3 aromatic heterocycles. The number of aryl methyl sites for hydroxylation is 1. The van der Waals surface area contributed by atoms with E-state index < -0.39 is 17.5 Å². The maximum Gasteiger partial charge on any atom is 0.243 e. The molecule has 5 rings (SSSR count). The zero-order valence-corrected chi connectivity index (χ0v) is 16.2. The van der Waals surface area contributed by atoms with E-state index in [-0.39, 0.29) is 11.6 Å². The Morgan fingerprint density at radius 3 is 2.77 bits per heavy atom. The normalized spacial score (nSPS) is 16.1. The number of hydrogen-bond donors (Lipinski definition) is 1. The summed E-state index contributed by atoms with van der Waals surface area (Å²) in [6, 6.07) is 5.46. The summed E-state index contributed by atoms with van der Waals surface area (Å²) in [5.74, 6) is -3.54. The van der Waals surface area contributed by atoms with Crippen molar-refractivity contribution in [3.05, 3.63) is 65.4 Å². The van der Waals surface area contributed by atoms with E-state index in [4.69, 9.17) is 0 Å². The summed E-state index contributed by atoms with van der Waals surface area (Å²) in [5.41, 5.74) is 3.60. The number of benzene rings is 1. The largest absolute Gasteiger partial charge is 0.350 e. The predicted octanol–water partition coefficient (Wildman–Crippen LogP) is 4.00. The van der Waals surface area contributed by atoms with Crippen molar-refractivity contribution < 1.29 is 13.2 Å². The SMILES string of the molecule is CCn1ncc2c1CCC(Nc1nc3c(-c4cc(F)c(F)c(F)c4)cccn3n1)C2. The second-order valence-electron chi connectivity index (χ2n) is 7.40. The van der Waals surface area contributed by atoms with Crippen LogP contribution in [0.25, 0.3) is 16.8 Å². The molecule has 1 unspecified atom stereocenters. The van der Waals surface area contributed by atoms with Crippen LogP contribution in [0.2, 0.25) is 0 Å². The predicted molar refractivity (Wildman–Crippen MR) is 106 cm³/mol. The van der Waals surface area contributed by atoms with E-state index in [9.17, 15) is 13.2 Å². The van der Waals surface area contributed by atoms with Gasteiger partial charge in [-0.3, -0.25) is 4.68 Å². The molecule has 0 aliphatic heterocycles. The molecule has 6 nitrogen and oxygen atoms in total. The van der Waals surface area contributed by atoms with Crippen LogP contribution < -0.4 is 5.32 Å². The first-order valence-electron chi connectivity index (χ1n) is 9.84. The van der Waals surface area contributed by atoms with Gasteiger partial charge in [-0.25, -0.2) is 17.7 Å². The number of rotatable bonds is 4. The molecule has 0 bridgehead atoms. The third-order valence-corrected chi connectivity index (χ3v) is 5.52. The summed E-state index contributed by atoms with van der Waals surface area (Å²) >= 11 is 0. The van der Waals surface area contributed by atoms with Crippen LogP contribution in [0.5, 0.6) is 0 Å². The molecule has 1 N–H and O–H groups in total. The second kappa shape index (κ2) is 7.16. The molecule has 9 heteroatoms. The molecule has 30 heavy (non-hydrogen) atoms. The Kier molecular flexibility index (Phi) is 4.45. The molecule has 4 aromatic rings. The number of halogens is 3. The van der Waals surface area contributed by atoms with E-state index in [0.29, 0.717) is 17.2 Å². The van der Waals surface area contributed by atoms with Crippen molar-refractivity contribution in [2.75, 3.05) is 5.32 Å². The van der Waals surface area contributed by atoms with Crippen LogP contribution >= 0.6 is 0 Å².